The van der Waals surface area contributed by atoms with Crippen LogP contribution in [0.5, 0.6) is 0 Å². The van der Waals surface area contributed by atoms with Gasteiger partial charge in [-0.05, 0) is 24.5 Å². The molecule has 1 aliphatic rings. The average molecular weight is 498 g/mol. The van der Waals surface area contributed by atoms with Crippen molar-refractivity contribution in [1.29, 1.82) is 0 Å². The monoisotopic (exact) mass is 497 g/mol. The Hall–Kier alpha value is -3.55. The molecule has 0 aromatic carbocycles. The minimum atomic E-state index is -0.955. The Kier molecular flexibility index (Phi) is 7.58. The second-order valence-corrected chi connectivity index (χ2v) is 8.24. The van der Waals surface area contributed by atoms with E-state index in [2.05, 4.69) is 38.7 Å². The summed E-state index contributed by atoms with van der Waals surface area (Å²) in [5, 5.41) is 0.115. The van der Waals surface area contributed by atoms with Gasteiger partial charge in [0.25, 0.3) is 0 Å². The van der Waals surface area contributed by atoms with E-state index < -0.39 is 30.4 Å². The summed E-state index contributed by atoms with van der Waals surface area (Å²) in [5.74, 6) is 5.53. The van der Waals surface area contributed by atoms with Crippen molar-refractivity contribution < 1.29 is 23.8 Å². The largest absolute Gasteiger partial charge is 0.456 e. The van der Waals surface area contributed by atoms with Crippen LogP contribution in [0.2, 0.25) is 5.15 Å². The van der Waals surface area contributed by atoms with E-state index in [1.807, 2.05) is 6.07 Å². The molecule has 0 spiro atoms. The minimum Gasteiger partial charge on any atom is -0.456 e. The fourth-order valence-corrected chi connectivity index (χ4v) is 3.96. The summed E-state index contributed by atoms with van der Waals surface area (Å²) in [4.78, 5) is 41.5. The lowest BCUT2D eigenvalue weighted by Gasteiger charge is -2.24. The van der Waals surface area contributed by atoms with Crippen LogP contribution in [0, 0.1) is 11.8 Å². The third-order valence-corrected chi connectivity index (χ3v) is 5.46. The fraction of sp³-hybridized carbons (Fsp3) is 0.417. The van der Waals surface area contributed by atoms with Gasteiger partial charge in [0.2, 0.25) is 5.82 Å². The van der Waals surface area contributed by atoms with Crippen molar-refractivity contribution in [2.45, 2.75) is 58.5 Å². The zero-order valence-electron chi connectivity index (χ0n) is 19.5. The van der Waals surface area contributed by atoms with Crippen molar-refractivity contribution in [2.24, 2.45) is 0 Å². The number of unbranched alkanes of at least 4 members (excludes halogenated alkanes) is 2. The molecular formula is C24H24ClN5O5. The Morgan fingerprint density at radius 2 is 2.00 bits per heavy atom. The summed E-state index contributed by atoms with van der Waals surface area (Å²) in [6, 6.07) is 5.35. The first-order valence-corrected chi connectivity index (χ1v) is 11.6. The predicted octanol–water partition coefficient (Wildman–Crippen LogP) is 3.48. The van der Waals surface area contributed by atoms with Crippen molar-refractivity contribution >= 4 is 34.7 Å². The number of ether oxygens (including phenoxy) is 3. The second-order valence-electron chi connectivity index (χ2n) is 7.88. The van der Waals surface area contributed by atoms with Crippen LogP contribution < -0.4 is 0 Å². The third-order valence-electron chi connectivity index (χ3n) is 5.20. The standard InChI is InChI=1S/C24H24ClN5O5/c1-4-5-6-7-11-18-27-21(25)19-23(28-18)30(22(29-19)16-10-8-9-12-26-16)24-20(35-15(3)32)17(13-33-24)34-14(2)31/h8-10,12,17,20,24H,4-6,13H2,1-3H3/t17-,20-,24-/m1/s1. The molecule has 1 fully saturated rings. The molecule has 0 N–H and O–H groups in total. The number of aromatic nitrogens is 5. The Morgan fingerprint density at radius 1 is 1.20 bits per heavy atom. The van der Waals surface area contributed by atoms with Gasteiger partial charge < -0.3 is 14.2 Å². The molecule has 0 saturated carbocycles. The van der Waals surface area contributed by atoms with Crippen molar-refractivity contribution in [3.8, 4) is 23.4 Å². The predicted molar refractivity (Wildman–Crippen MR) is 126 cm³/mol. The first-order chi connectivity index (χ1) is 16.9. The van der Waals surface area contributed by atoms with Crippen molar-refractivity contribution in [2.75, 3.05) is 6.61 Å². The number of pyridine rings is 1. The Morgan fingerprint density at radius 3 is 2.69 bits per heavy atom. The second kappa shape index (κ2) is 10.8. The Labute approximate surface area is 207 Å². The lowest BCUT2D eigenvalue weighted by molar-refractivity contribution is -0.164. The molecule has 4 rings (SSSR count). The lowest BCUT2D eigenvalue weighted by Crippen LogP contribution is -2.36. The number of esters is 2. The summed E-state index contributed by atoms with van der Waals surface area (Å²) in [5.41, 5.74) is 1.15. The number of rotatable bonds is 6. The Bertz CT molecular complexity index is 1300. The van der Waals surface area contributed by atoms with Crippen molar-refractivity contribution in [1.82, 2.24) is 24.5 Å². The molecular weight excluding hydrogens is 474 g/mol. The number of fused-ring (bicyclic) bond motifs is 1. The van der Waals surface area contributed by atoms with Gasteiger partial charge in [-0.1, -0.05) is 36.9 Å². The summed E-state index contributed by atoms with van der Waals surface area (Å²) in [6.07, 6.45) is 1.62. The van der Waals surface area contributed by atoms with E-state index in [0.717, 1.165) is 12.8 Å². The van der Waals surface area contributed by atoms with Crippen LogP contribution in [0.15, 0.2) is 24.4 Å². The molecule has 0 aliphatic carbocycles. The maximum absolute atomic E-state index is 11.9. The maximum Gasteiger partial charge on any atom is 0.303 e. The van der Waals surface area contributed by atoms with Crippen LogP contribution >= 0.6 is 11.6 Å². The number of halogens is 1. The van der Waals surface area contributed by atoms with E-state index in [4.69, 9.17) is 25.8 Å². The highest BCUT2D eigenvalue weighted by molar-refractivity contribution is 6.33. The van der Waals surface area contributed by atoms with Crippen LogP contribution in [0.3, 0.4) is 0 Å². The van der Waals surface area contributed by atoms with E-state index in [-0.39, 0.29) is 17.6 Å². The summed E-state index contributed by atoms with van der Waals surface area (Å²) in [7, 11) is 0. The van der Waals surface area contributed by atoms with Gasteiger partial charge in [0, 0.05) is 26.5 Å². The van der Waals surface area contributed by atoms with E-state index in [0.29, 0.717) is 29.1 Å². The summed E-state index contributed by atoms with van der Waals surface area (Å²) >= 11 is 6.49. The van der Waals surface area contributed by atoms with Crippen LogP contribution in [-0.4, -0.2) is 55.3 Å². The molecule has 35 heavy (non-hydrogen) atoms. The average Bonchev–Trinajstić information content (AvgIpc) is 3.38. The van der Waals surface area contributed by atoms with Crippen molar-refractivity contribution in [3.63, 3.8) is 0 Å². The van der Waals surface area contributed by atoms with Gasteiger partial charge in [-0.25, -0.2) is 15.0 Å². The number of hydrogen-bond donors (Lipinski definition) is 0. The quantitative estimate of drug-likeness (QED) is 0.218. The van der Waals surface area contributed by atoms with Gasteiger partial charge in [0.15, 0.2) is 35.1 Å². The third kappa shape index (κ3) is 5.42. The molecule has 0 amide bonds. The molecule has 1 aliphatic heterocycles. The zero-order chi connectivity index (χ0) is 24.9. The smallest absolute Gasteiger partial charge is 0.303 e. The number of hydrogen-bond acceptors (Lipinski definition) is 9. The van der Waals surface area contributed by atoms with Gasteiger partial charge >= 0.3 is 11.9 Å². The minimum absolute atomic E-state index is 0.00597. The molecule has 3 aromatic rings. The first-order valence-electron chi connectivity index (χ1n) is 11.2. The zero-order valence-corrected chi connectivity index (χ0v) is 20.3. The SMILES string of the molecule is CCCCC#Cc1nc(Cl)c2nc(-c3ccccn3)n([C@@H]3OC[C@@H](OC(C)=O)[C@H]3OC(C)=O)c2n1. The molecule has 3 aromatic heterocycles. The number of imidazole rings is 1. The molecule has 0 bridgehead atoms. The maximum atomic E-state index is 11.9. The number of carbonyl (C=O) groups excluding carboxylic acids is 2. The number of carbonyl (C=O) groups is 2. The lowest BCUT2D eigenvalue weighted by atomic mass is 10.2. The molecule has 4 heterocycles. The van der Waals surface area contributed by atoms with E-state index in [9.17, 15) is 9.59 Å². The van der Waals surface area contributed by atoms with Gasteiger partial charge in [0.05, 0.1) is 6.61 Å². The highest BCUT2D eigenvalue weighted by atomic mass is 35.5. The van der Waals surface area contributed by atoms with Gasteiger partial charge in [0.1, 0.15) is 11.2 Å². The van der Waals surface area contributed by atoms with Crippen LogP contribution in [-0.2, 0) is 23.8 Å². The van der Waals surface area contributed by atoms with Crippen LogP contribution in [0.4, 0.5) is 0 Å². The topological polar surface area (TPSA) is 118 Å². The molecule has 10 nitrogen and oxygen atoms in total. The van der Waals surface area contributed by atoms with E-state index in [1.165, 1.54) is 13.8 Å². The Balaban J connectivity index is 1.89. The van der Waals surface area contributed by atoms with E-state index >= 15 is 0 Å². The molecule has 1 saturated heterocycles. The van der Waals surface area contributed by atoms with Crippen molar-refractivity contribution in [3.05, 3.63) is 35.4 Å². The van der Waals surface area contributed by atoms with Crippen LogP contribution in [0.1, 0.15) is 52.1 Å². The highest BCUT2D eigenvalue weighted by Crippen LogP contribution is 2.36. The van der Waals surface area contributed by atoms with E-state index in [1.54, 1.807) is 22.9 Å². The van der Waals surface area contributed by atoms with Crippen LogP contribution in [0.25, 0.3) is 22.7 Å². The normalized spacial score (nSPS) is 19.3. The highest BCUT2D eigenvalue weighted by Gasteiger charge is 2.45. The summed E-state index contributed by atoms with van der Waals surface area (Å²) in [6.45, 7) is 4.64. The number of nitrogens with zero attached hydrogens (tertiary/aromatic N) is 5. The van der Waals surface area contributed by atoms with Gasteiger partial charge in [-0.3, -0.25) is 19.1 Å². The summed E-state index contributed by atoms with van der Waals surface area (Å²) < 4.78 is 18.5. The molecule has 182 valence electrons. The molecule has 3 atom stereocenters. The fourth-order valence-electron chi connectivity index (χ4n) is 3.75. The van der Waals surface area contributed by atoms with Gasteiger partial charge in [-0.2, -0.15) is 0 Å². The van der Waals surface area contributed by atoms with Gasteiger partial charge in [-0.15, -0.1) is 0 Å². The first kappa shape index (κ1) is 24.6. The molecule has 11 heteroatoms. The molecule has 0 radical (unpaired) electrons. The molecule has 0 unspecified atom stereocenters.